The van der Waals surface area contributed by atoms with Crippen molar-refractivity contribution in [3.05, 3.63) is 110 Å². The Labute approximate surface area is 186 Å². The maximum atomic E-state index is 13.0. The average molecular weight is 453 g/mol. The molecule has 3 aromatic carbocycles. The monoisotopic (exact) mass is 452 g/mol. The minimum absolute atomic E-state index is 0.0267. The smallest absolute Gasteiger partial charge is 0.363 e. The topological polar surface area (TPSA) is 91.0 Å². The van der Waals surface area contributed by atoms with E-state index in [1.54, 1.807) is 36.4 Å². The summed E-state index contributed by atoms with van der Waals surface area (Å²) in [4.78, 5) is 26.8. The zero-order valence-electron chi connectivity index (χ0n) is 16.3. The molecule has 0 amide bonds. The lowest BCUT2D eigenvalue weighted by atomic mass is 10.2. The van der Waals surface area contributed by atoms with Crippen molar-refractivity contribution in [2.45, 2.75) is 6.61 Å². The van der Waals surface area contributed by atoms with Crippen molar-refractivity contribution < 1.29 is 23.6 Å². The summed E-state index contributed by atoms with van der Waals surface area (Å²) in [6, 6.07) is 17.0. The zero-order chi connectivity index (χ0) is 22.7. The highest BCUT2D eigenvalue weighted by Crippen LogP contribution is 2.28. The first-order chi connectivity index (χ1) is 15.4. The van der Waals surface area contributed by atoms with Gasteiger partial charge in [0.1, 0.15) is 23.2 Å². The molecule has 4 rings (SSSR count). The molecule has 3 aromatic rings. The summed E-state index contributed by atoms with van der Waals surface area (Å²) in [5, 5.41) is 11.0. The van der Waals surface area contributed by atoms with Gasteiger partial charge in [0.15, 0.2) is 5.70 Å². The van der Waals surface area contributed by atoms with Crippen LogP contribution in [-0.2, 0) is 16.1 Å². The molecule has 0 spiro atoms. The molecule has 1 aliphatic heterocycles. The van der Waals surface area contributed by atoms with Gasteiger partial charge in [-0.05, 0) is 53.6 Å². The Morgan fingerprint density at radius 2 is 1.81 bits per heavy atom. The van der Waals surface area contributed by atoms with Crippen LogP contribution in [0.15, 0.2) is 77.4 Å². The number of nitrogens with zero attached hydrogens (tertiary/aromatic N) is 2. The first kappa shape index (κ1) is 21.2. The van der Waals surface area contributed by atoms with Gasteiger partial charge in [0, 0.05) is 11.6 Å². The summed E-state index contributed by atoms with van der Waals surface area (Å²) in [7, 11) is 0. The summed E-state index contributed by atoms with van der Waals surface area (Å²) in [5.74, 6) is -0.422. The van der Waals surface area contributed by atoms with Gasteiger partial charge in [-0.25, -0.2) is 14.2 Å². The number of rotatable bonds is 6. The Kier molecular flexibility index (Phi) is 5.96. The molecule has 0 radical (unpaired) electrons. The van der Waals surface area contributed by atoms with Crippen molar-refractivity contribution in [3.63, 3.8) is 0 Å². The van der Waals surface area contributed by atoms with Crippen LogP contribution >= 0.6 is 11.6 Å². The van der Waals surface area contributed by atoms with E-state index >= 15 is 0 Å². The van der Waals surface area contributed by atoms with Gasteiger partial charge in [-0.2, -0.15) is 0 Å². The van der Waals surface area contributed by atoms with Crippen LogP contribution in [0.2, 0.25) is 5.02 Å². The van der Waals surface area contributed by atoms with Crippen molar-refractivity contribution in [1.29, 1.82) is 0 Å². The highest BCUT2D eigenvalue weighted by molar-refractivity contribution is 6.32. The fraction of sp³-hybridized carbons (Fsp3) is 0.0435. The van der Waals surface area contributed by atoms with Crippen LogP contribution in [0.4, 0.5) is 10.1 Å². The number of esters is 1. The number of nitro benzene ring substituents is 1. The summed E-state index contributed by atoms with van der Waals surface area (Å²) < 4.78 is 23.8. The molecule has 0 aliphatic carbocycles. The molecule has 160 valence electrons. The van der Waals surface area contributed by atoms with E-state index in [1.807, 2.05) is 0 Å². The quantitative estimate of drug-likeness (QED) is 0.219. The van der Waals surface area contributed by atoms with Crippen molar-refractivity contribution >= 4 is 35.2 Å². The van der Waals surface area contributed by atoms with E-state index in [0.29, 0.717) is 11.3 Å². The van der Waals surface area contributed by atoms with Crippen LogP contribution in [-0.4, -0.2) is 16.8 Å². The molecule has 0 aromatic heterocycles. The van der Waals surface area contributed by atoms with Crippen molar-refractivity contribution in [1.82, 2.24) is 0 Å². The second-order valence-electron chi connectivity index (χ2n) is 6.74. The number of ether oxygens (including phenoxy) is 2. The maximum absolute atomic E-state index is 13.0. The van der Waals surface area contributed by atoms with Crippen LogP contribution in [0.3, 0.4) is 0 Å². The fourth-order valence-corrected chi connectivity index (χ4v) is 3.07. The average Bonchev–Trinajstić information content (AvgIpc) is 3.14. The lowest BCUT2D eigenvalue weighted by molar-refractivity contribution is -0.384. The van der Waals surface area contributed by atoms with Crippen LogP contribution in [0.25, 0.3) is 6.08 Å². The Balaban J connectivity index is 1.48. The number of benzene rings is 3. The molecule has 0 atom stereocenters. The van der Waals surface area contributed by atoms with E-state index in [4.69, 9.17) is 21.1 Å². The van der Waals surface area contributed by atoms with Gasteiger partial charge in [0.05, 0.1) is 4.92 Å². The van der Waals surface area contributed by atoms with Gasteiger partial charge in [0.25, 0.3) is 5.69 Å². The van der Waals surface area contributed by atoms with Crippen LogP contribution < -0.4 is 4.74 Å². The van der Waals surface area contributed by atoms with Gasteiger partial charge in [0.2, 0.25) is 5.90 Å². The van der Waals surface area contributed by atoms with E-state index in [-0.39, 0.29) is 40.3 Å². The summed E-state index contributed by atoms with van der Waals surface area (Å²) >= 11 is 5.81. The van der Waals surface area contributed by atoms with Crippen molar-refractivity contribution in [3.8, 4) is 5.75 Å². The highest BCUT2D eigenvalue weighted by atomic mass is 35.5. The second-order valence-corrected chi connectivity index (χ2v) is 7.15. The third kappa shape index (κ3) is 4.81. The van der Waals surface area contributed by atoms with Crippen LogP contribution in [0, 0.1) is 15.9 Å². The van der Waals surface area contributed by atoms with Gasteiger partial charge in [-0.3, -0.25) is 10.1 Å². The number of halogens is 2. The van der Waals surface area contributed by atoms with Crippen molar-refractivity contribution in [2.75, 3.05) is 0 Å². The summed E-state index contributed by atoms with van der Waals surface area (Å²) in [5.41, 5.74) is 1.52. The molecule has 0 N–H and O–H groups in total. The molecule has 9 heteroatoms. The van der Waals surface area contributed by atoms with Crippen LogP contribution in [0.1, 0.15) is 16.7 Å². The molecule has 1 heterocycles. The van der Waals surface area contributed by atoms with Gasteiger partial charge in [-0.1, -0.05) is 35.9 Å². The SMILES string of the molecule is O=C1OC(c2ccc(Cl)c([N+](=O)[O-])c2)=N/C1=C\c1ccc(OCc2ccc(F)cc2)cc1. The Hall–Kier alpha value is -4.04. The van der Waals surface area contributed by atoms with E-state index in [1.165, 1.54) is 36.4 Å². The lowest BCUT2D eigenvalue weighted by Gasteiger charge is -2.06. The summed E-state index contributed by atoms with van der Waals surface area (Å²) in [6.45, 7) is 0.286. The standard InChI is InChI=1S/C23H14ClFN2O5/c24-19-10-5-16(12-21(19)27(29)30)22-26-20(23(28)32-22)11-14-3-8-18(9-4-14)31-13-15-1-6-17(25)7-2-15/h1-12H,13H2/b20-11-. The number of nitro groups is 1. The first-order valence-corrected chi connectivity index (χ1v) is 9.71. The zero-order valence-corrected chi connectivity index (χ0v) is 17.1. The van der Waals surface area contributed by atoms with Crippen LogP contribution in [0.5, 0.6) is 5.75 Å². The van der Waals surface area contributed by atoms with Gasteiger partial charge < -0.3 is 9.47 Å². The Bertz CT molecular complexity index is 1250. The lowest BCUT2D eigenvalue weighted by Crippen LogP contribution is -2.06. The minimum atomic E-state index is -0.672. The molecule has 1 aliphatic rings. The van der Waals surface area contributed by atoms with E-state index in [9.17, 15) is 19.3 Å². The molecule has 0 unspecified atom stereocenters. The third-order valence-electron chi connectivity index (χ3n) is 4.51. The highest BCUT2D eigenvalue weighted by Gasteiger charge is 2.26. The Morgan fingerprint density at radius 1 is 1.09 bits per heavy atom. The maximum Gasteiger partial charge on any atom is 0.363 e. The summed E-state index contributed by atoms with van der Waals surface area (Å²) in [6.07, 6.45) is 1.53. The number of cyclic esters (lactones) is 1. The third-order valence-corrected chi connectivity index (χ3v) is 4.83. The fourth-order valence-electron chi connectivity index (χ4n) is 2.88. The molecular weight excluding hydrogens is 439 g/mol. The molecule has 0 bridgehead atoms. The second kappa shape index (κ2) is 8.99. The van der Waals surface area contributed by atoms with Gasteiger partial charge >= 0.3 is 5.97 Å². The number of carbonyl (C=O) groups is 1. The van der Waals surface area contributed by atoms with E-state index in [0.717, 1.165) is 5.56 Å². The molecule has 7 nitrogen and oxygen atoms in total. The molecule has 0 saturated heterocycles. The van der Waals surface area contributed by atoms with Gasteiger partial charge in [-0.15, -0.1) is 0 Å². The molecular formula is C23H14ClFN2O5. The number of carbonyl (C=O) groups excluding carboxylic acids is 1. The molecule has 32 heavy (non-hydrogen) atoms. The number of hydrogen-bond acceptors (Lipinski definition) is 6. The minimum Gasteiger partial charge on any atom is -0.489 e. The Morgan fingerprint density at radius 3 is 2.50 bits per heavy atom. The molecule has 0 fully saturated rings. The van der Waals surface area contributed by atoms with Crippen molar-refractivity contribution in [2.24, 2.45) is 4.99 Å². The predicted molar refractivity (Wildman–Crippen MR) is 116 cm³/mol. The molecule has 0 saturated carbocycles. The normalized spacial score (nSPS) is 14.2. The largest absolute Gasteiger partial charge is 0.489 e. The number of aliphatic imine (C=N–C) groups is 1. The number of hydrogen-bond donors (Lipinski definition) is 0. The predicted octanol–water partition coefficient (Wildman–Crippen LogP) is 5.31. The first-order valence-electron chi connectivity index (χ1n) is 9.33. The van der Waals surface area contributed by atoms with E-state index in [2.05, 4.69) is 4.99 Å². The van der Waals surface area contributed by atoms with E-state index < -0.39 is 10.9 Å².